The Balaban J connectivity index is 2.97. The molecule has 0 saturated heterocycles. The van der Waals surface area contributed by atoms with Gasteiger partial charge in [0.05, 0.1) is 13.3 Å². The fraction of sp³-hybridized carbons (Fsp3) is 0.200. The Morgan fingerprint density at radius 1 is 1.32 bits per heavy atom. The first-order chi connectivity index (χ1) is 8.81. The van der Waals surface area contributed by atoms with Crippen molar-refractivity contribution in [3.8, 4) is 11.5 Å². The van der Waals surface area contributed by atoms with Gasteiger partial charge in [-0.1, -0.05) is 0 Å². The maximum atomic E-state index is 12.0. The van der Waals surface area contributed by atoms with Gasteiger partial charge in [0.1, 0.15) is 11.5 Å². The average Bonchev–Trinajstić information content (AvgIpc) is 2.28. The van der Waals surface area contributed by atoms with Gasteiger partial charge in [-0.3, -0.25) is 0 Å². The molecular weight excluding hydrogens is 265 g/mol. The molecule has 104 valence electrons. The maximum Gasteiger partial charge on any atom is 0.573 e. The van der Waals surface area contributed by atoms with Crippen molar-refractivity contribution in [3.63, 3.8) is 0 Å². The van der Waals surface area contributed by atoms with Crippen molar-refractivity contribution in [2.75, 3.05) is 7.11 Å². The van der Waals surface area contributed by atoms with Crippen LogP contribution in [-0.2, 0) is 0 Å². The van der Waals surface area contributed by atoms with Crippen molar-refractivity contribution in [3.05, 3.63) is 23.8 Å². The van der Waals surface area contributed by atoms with Crippen LogP contribution >= 0.6 is 0 Å². The third kappa shape index (κ3) is 5.15. The number of nitrogens with two attached hydrogens (primary N) is 2. The minimum Gasteiger partial charge on any atom is -0.496 e. The lowest BCUT2D eigenvalue weighted by Crippen LogP contribution is -2.21. The monoisotopic (exact) mass is 276 g/mol. The number of hydrogen-bond acceptors (Lipinski definition) is 4. The van der Waals surface area contributed by atoms with Crippen LogP contribution in [0.4, 0.5) is 13.2 Å². The fourth-order valence-electron chi connectivity index (χ4n) is 1.15. The van der Waals surface area contributed by atoms with Crippen LogP contribution in [0.25, 0.3) is 0 Å². The summed E-state index contributed by atoms with van der Waals surface area (Å²) < 4.78 is 44.8. The van der Waals surface area contributed by atoms with E-state index in [-0.39, 0.29) is 11.7 Å². The molecule has 1 rings (SSSR count). The molecule has 0 saturated carbocycles. The summed E-state index contributed by atoms with van der Waals surface area (Å²) in [6, 6.07) is 3.52. The maximum absolute atomic E-state index is 12.0. The minimum absolute atomic E-state index is 0.135. The van der Waals surface area contributed by atoms with Crippen LogP contribution in [0.1, 0.15) is 5.56 Å². The number of rotatable bonds is 4. The van der Waals surface area contributed by atoms with E-state index in [0.717, 1.165) is 12.1 Å². The van der Waals surface area contributed by atoms with Crippen LogP contribution in [0.3, 0.4) is 0 Å². The largest absolute Gasteiger partial charge is 0.573 e. The zero-order valence-electron chi connectivity index (χ0n) is 9.81. The van der Waals surface area contributed by atoms with E-state index in [2.05, 4.69) is 14.9 Å². The standard InChI is InChI=1S/C10H11F3N4O2/c1-18-8-4-7(19-10(11,12)13)3-2-6(8)5-16-17-9(14)15/h2-5H,1H3,(H4,14,15,17). The van der Waals surface area contributed by atoms with Crippen molar-refractivity contribution in [2.45, 2.75) is 6.36 Å². The van der Waals surface area contributed by atoms with E-state index in [1.165, 1.54) is 19.4 Å². The number of nitrogens with zero attached hydrogens (tertiary/aromatic N) is 2. The highest BCUT2D eigenvalue weighted by molar-refractivity contribution is 5.85. The molecule has 0 fully saturated rings. The van der Waals surface area contributed by atoms with Crippen molar-refractivity contribution >= 4 is 12.2 Å². The van der Waals surface area contributed by atoms with Gasteiger partial charge in [0.15, 0.2) is 0 Å². The van der Waals surface area contributed by atoms with Gasteiger partial charge in [-0.05, 0) is 12.1 Å². The molecule has 6 nitrogen and oxygen atoms in total. The molecule has 9 heteroatoms. The molecule has 0 aliphatic carbocycles. The van der Waals surface area contributed by atoms with Crippen LogP contribution < -0.4 is 20.9 Å². The van der Waals surface area contributed by atoms with Crippen LogP contribution in [0.15, 0.2) is 28.4 Å². The molecule has 4 N–H and O–H groups in total. The molecule has 0 aromatic heterocycles. The van der Waals surface area contributed by atoms with E-state index >= 15 is 0 Å². The van der Waals surface area contributed by atoms with E-state index < -0.39 is 12.1 Å². The summed E-state index contributed by atoms with van der Waals surface area (Å²) in [4.78, 5) is 0. The summed E-state index contributed by atoms with van der Waals surface area (Å²) in [6.07, 6.45) is -3.53. The number of benzene rings is 1. The van der Waals surface area contributed by atoms with Gasteiger partial charge in [0, 0.05) is 11.6 Å². The number of hydrogen-bond donors (Lipinski definition) is 2. The van der Waals surface area contributed by atoms with Crippen LogP contribution in [0, 0.1) is 0 Å². The molecule has 19 heavy (non-hydrogen) atoms. The van der Waals surface area contributed by atoms with Crippen LogP contribution in [0.5, 0.6) is 11.5 Å². The van der Waals surface area contributed by atoms with E-state index in [4.69, 9.17) is 16.2 Å². The van der Waals surface area contributed by atoms with Gasteiger partial charge in [0.2, 0.25) is 5.96 Å². The van der Waals surface area contributed by atoms with Crippen molar-refractivity contribution in [2.24, 2.45) is 21.7 Å². The number of guanidine groups is 1. The third-order valence-electron chi connectivity index (χ3n) is 1.81. The summed E-state index contributed by atoms with van der Waals surface area (Å²) in [5.74, 6) is -0.508. The molecule has 0 bridgehead atoms. The molecule has 0 amide bonds. The summed E-state index contributed by atoms with van der Waals surface area (Å²) >= 11 is 0. The molecule has 0 aliphatic heterocycles. The molecule has 0 heterocycles. The zero-order valence-corrected chi connectivity index (χ0v) is 9.81. The van der Waals surface area contributed by atoms with E-state index in [0.29, 0.717) is 5.56 Å². The van der Waals surface area contributed by atoms with Gasteiger partial charge in [-0.2, -0.15) is 5.10 Å². The van der Waals surface area contributed by atoms with Gasteiger partial charge in [-0.25, -0.2) is 0 Å². The topological polar surface area (TPSA) is 95.2 Å². The summed E-state index contributed by atoms with van der Waals surface area (Å²) in [5, 5.41) is 6.88. The molecule has 0 atom stereocenters. The Kier molecular flexibility index (Phi) is 4.56. The Labute approximate surface area is 106 Å². The quantitative estimate of drug-likeness (QED) is 0.490. The number of ether oxygens (including phenoxy) is 2. The van der Waals surface area contributed by atoms with E-state index in [1.807, 2.05) is 0 Å². The Hall–Kier alpha value is -2.45. The molecule has 0 unspecified atom stereocenters. The first-order valence-electron chi connectivity index (χ1n) is 4.87. The molecule has 1 aromatic rings. The molecule has 0 spiro atoms. The van der Waals surface area contributed by atoms with Crippen molar-refractivity contribution in [1.29, 1.82) is 0 Å². The smallest absolute Gasteiger partial charge is 0.496 e. The lowest BCUT2D eigenvalue weighted by Gasteiger charge is -2.11. The van der Waals surface area contributed by atoms with Crippen molar-refractivity contribution in [1.82, 2.24) is 0 Å². The predicted octanol–water partition coefficient (Wildman–Crippen LogP) is 1.20. The summed E-state index contributed by atoms with van der Waals surface area (Å²) in [6.45, 7) is 0. The predicted molar refractivity (Wildman–Crippen MR) is 63.1 cm³/mol. The highest BCUT2D eigenvalue weighted by atomic mass is 19.4. The van der Waals surface area contributed by atoms with Crippen LogP contribution in [0.2, 0.25) is 0 Å². The second-order valence-corrected chi connectivity index (χ2v) is 3.22. The summed E-state index contributed by atoms with van der Waals surface area (Å²) in [7, 11) is 1.30. The highest BCUT2D eigenvalue weighted by Gasteiger charge is 2.31. The normalized spacial score (nSPS) is 11.4. The number of halogens is 3. The minimum atomic E-state index is -4.76. The summed E-state index contributed by atoms with van der Waals surface area (Å²) in [5.41, 5.74) is 10.5. The first-order valence-corrected chi connectivity index (χ1v) is 4.87. The second-order valence-electron chi connectivity index (χ2n) is 3.22. The number of alkyl halides is 3. The number of methoxy groups -OCH3 is 1. The van der Waals surface area contributed by atoms with Gasteiger partial charge in [-0.15, -0.1) is 18.3 Å². The molecule has 0 aliphatic rings. The molecule has 1 aromatic carbocycles. The van der Waals surface area contributed by atoms with Gasteiger partial charge >= 0.3 is 6.36 Å². The Morgan fingerprint density at radius 3 is 2.53 bits per heavy atom. The van der Waals surface area contributed by atoms with Gasteiger partial charge < -0.3 is 20.9 Å². The van der Waals surface area contributed by atoms with Crippen LogP contribution in [-0.4, -0.2) is 25.6 Å². The third-order valence-corrected chi connectivity index (χ3v) is 1.81. The lowest BCUT2D eigenvalue weighted by atomic mass is 10.2. The lowest BCUT2D eigenvalue weighted by molar-refractivity contribution is -0.274. The first kappa shape index (κ1) is 14.6. The fourth-order valence-corrected chi connectivity index (χ4v) is 1.15. The highest BCUT2D eigenvalue weighted by Crippen LogP contribution is 2.28. The Morgan fingerprint density at radius 2 is 2.00 bits per heavy atom. The van der Waals surface area contributed by atoms with E-state index in [1.54, 1.807) is 0 Å². The van der Waals surface area contributed by atoms with E-state index in [9.17, 15) is 13.2 Å². The molecule has 0 radical (unpaired) electrons. The Bertz CT molecular complexity index is 496. The van der Waals surface area contributed by atoms with Crippen molar-refractivity contribution < 1.29 is 22.6 Å². The average molecular weight is 276 g/mol. The zero-order chi connectivity index (χ0) is 14.5. The molecular formula is C10H11F3N4O2. The van der Waals surface area contributed by atoms with Gasteiger partial charge in [0.25, 0.3) is 0 Å². The SMILES string of the molecule is COc1cc(OC(F)(F)F)ccc1C=NN=C(N)N. The second kappa shape index (κ2) is 5.94.